The predicted molar refractivity (Wildman–Crippen MR) is 85.8 cm³/mol. The highest BCUT2D eigenvalue weighted by Gasteiger charge is 2.30. The Balaban J connectivity index is 2.40. The zero-order valence-electron chi connectivity index (χ0n) is 12.0. The normalized spacial score (nSPS) is 12.2. The lowest BCUT2D eigenvalue weighted by atomic mass is 10.2. The molecule has 2 rings (SSSR count). The molecule has 124 valence electrons. The van der Waals surface area contributed by atoms with Crippen LogP contribution in [0.1, 0.15) is 18.1 Å². The van der Waals surface area contributed by atoms with Gasteiger partial charge in [-0.1, -0.05) is 28.9 Å². The summed E-state index contributed by atoms with van der Waals surface area (Å²) in [6.07, 6.45) is -4.06. The first-order valence-electron chi connectivity index (χ1n) is 6.62. The molecule has 0 fully saturated rings. The van der Waals surface area contributed by atoms with Crippen molar-refractivity contribution in [3.8, 4) is 0 Å². The molecule has 1 N–H and O–H groups in total. The van der Waals surface area contributed by atoms with Crippen molar-refractivity contribution in [1.29, 1.82) is 0 Å². The lowest BCUT2D eigenvalue weighted by Crippen LogP contribution is -2.15. The van der Waals surface area contributed by atoms with Gasteiger partial charge in [-0.2, -0.15) is 13.2 Å². The number of alkyl halides is 3. The van der Waals surface area contributed by atoms with Crippen molar-refractivity contribution in [1.82, 2.24) is 0 Å². The molecule has 0 unspecified atom stereocenters. The first kappa shape index (κ1) is 17.8. The summed E-state index contributed by atoms with van der Waals surface area (Å²) in [4.78, 5) is 0.0422. The number of benzene rings is 2. The minimum absolute atomic E-state index is 0.0422. The van der Waals surface area contributed by atoms with Crippen LogP contribution in [0.4, 0.5) is 18.9 Å². The van der Waals surface area contributed by atoms with Gasteiger partial charge in [-0.05, 0) is 48.4 Å². The molecule has 0 amide bonds. The summed E-state index contributed by atoms with van der Waals surface area (Å²) in [5, 5.41) is 0. The first-order chi connectivity index (χ1) is 10.6. The maximum absolute atomic E-state index is 12.7. The number of hydrogen-bond donors (Lipinski definition) is 1. The number of halogens is 4. The molecule has 23 heavy (non-hydrogen) atoms. The van der Waals surface area contributed by atoms with Crippen LogP contribution in [0.5, 0.6) is 0 Å². The Kier molecular flexibility index (Phi) is 5.05. The quantitative estimate of drug-likeness (QED) is 0.788. The Morgan fingerprint density at radius 3 is 2.43 bits per heavy atom. The molecule has 0 heterocycles. The molecule has 0 bridgehead atoms. The van der Waals surface area contributed by atoms with Crippen LogP contribution in [0.25, 0.3) is 0 Å². The summed E-state index contributed by atoms with van der Waals surface area (Å²) < 4.78 is 65.9. The summed E-state index contributed by atoms with van der Waals surface area (Å²) in [7, 11) is -3.97. The summed E-state index contributed by atoms with van der Waals surface area (Å²) in [5.74, 6) is 0. The largest absolute Gasteiger partial charge is 0.416 e. The molecule has 0 saturated heterocycles. The fraction of sp³-hybridized carbons (Fsp3) is 0.200. The monoisotopic (exact) mass is 407 g/mol. The third-order valence-corrected chi connectivity index (χ3v) is 5.11. The number of anilines is 1. The summed E-state index contributed by atoms with van der Waals surface area (Å²) >= 11 is 3.26. The molecule has 0 aliphatic heterocycles. The molecule has 0 radical (unpaired) electrons. The van der Waals surface area contributed by atoms with E-state index in [1.807, 2.05) is 0 Å². The van der Waals surface area contributed by atoms with Gasteiger partial charge in [0.2, 0.25) is 0 Å². The van der Waals surface area contributed by atoms with Crippen LogP contribution >= 0.6 is 15.9 Å². The maximum atomic E-state index is 12.7. The van der Waals surface area contributed by atoms with Crippen LogP contribution in [0.15, 0.2) is 51.8 Å². The Morgan fingerprint density at radius 1 is 1.13 bits per heavy atom. The summed E-state index contributed by atoms with van der Waals surface area (Å²) in [5.41, 5.74) is -0.479. The SMILES string of the molecule is CCc1cc(Br)ccc1S(=O)(=O)Nc1cccc(C(F)(F)F)c1. The highest BCUT2D eigenvalue weighted by molar-refractivity contribution is 9.10. The van der Waals surface area contributed by atoms with E-state index in [0.717, 1.165) is 22.7 Å². The molecule has 0 aliphatic rings. The van der Waals surface area contributed by atoms with Crippen molar-refractivity contribution in [3.63, 3.8) is 0 Å². The fourth-order valence-electron chi connectivity index (χ4n) is 2.06. The number of aryl methyl sites for hydroxylation is 1. The van der Waals surface area contributed by atoms with Gasteiger partial charge in [0.05, 0.1) is 10.5 Å². The van der Waals surface area contributed by atoms with E-state index in [1.165, 1.54) is 12.1 Å². The summed E-state index contributed by atoms with van der Waals surface area (Å²) in [6.45, 7) is 1.80. The molecular weight excluding hydrogens is 395 g/mol. The van der Waals surface area contributed by atoms with Gasteiger partial charge >= 0.3 is 6.18 Å². The van der Waals surface area contributed by atoms with Crippen LogP contribution in [0, 0.1) is 0 Å². The standard InChI is InChI=1S/C15H13BrF3NO2S/c1-2-10-8-12(16)6-7-14(10)23(21,22)20-13-5-3-4-11(9-13)15(17,18)19/h3-9,20H,2H2,1H3. The molecule has 0 atom stereocenters. The third-order valence-electron chi connectivity index (χ3n) is 3.14. The minimum Gasteiger partial charge on any atom is -0.280 e. The third kappa shape index (κ3) is 4.26. The Bertz CT molecular complexity index is 820. The second-order valence-corrected chi connectivity index (χ2v) is 7.36. The van der Waals surface area contributed by atoms with Crippen molar-refractivity contribution in [3.05, 3.63) is 58.1 Å². The average molecular weight is 408 g/mol. The summed E-state index contributed by atoms with van der Waals surface area (Å²) in [6, 6.07) is 8.73. The van der Waals surface area contributed by atoms with Crippen molar-refractivity contribution < 1.29 is 21.6 Å². The molecular formula is C15H13BrF3NO2S. The Hall–Kier alpha value is -1.54. The number of hydrogen-bond acceptors (Lipinski definition) is 2. The van der Waals surface area contributed by atoms with E-state index < -0.39 is 21.8 Å². The molecule has 2 aromatic rings. The van der Waals surface area contributed by atoms with Crippen LogP contribution in [-0.4, -0.2) is 8.42 Å². The first-order valence-corrected chi connectivity index (χ1v) is 8.89. The Labute approximate surface area is 140 Å². The molecule has 0 aliphatic carbocycles. The number of rotatable bonds is 4. The van der Waals surface area contributed by atoms with Gasteiger partial charge in [0.1, 0.15) is 0 Å². The average Bonchev–Trinajstić information content (AvgIpc) is 2.45. The molecule has 0 aromatic heterocycles. The van der Waals surface area contributed by atoms with Gasteiger partial charge in [-0.3, -0.25) is 4.72 Å². The molecule has 2 aromatic carbocycles. The van der Waals surface area contributed by atoms with E-state index in [0.29, 0.717) is 12.0 Å². The van der Waals surface area contributed by atoms with E-state index in [1.54, 1.807) is 19.1 Å². The van der Waals surface area contributed by atoms with E-state index in [4.69, 9.17) is 0 Å². The van der Waals surface area contributed by atoms with Crippen molar-refractivity contribution in [2.45, 2.75) is 24.4 Å². The van der Waals surface area contributed by atoms with Gasteiger partial charge in [0, 0.05) is 10.2 Å². The fourth-order valence-corrected chi connectivity index (χ4v) is 3.81. The van der Waals surface area contributed by atoms with E-state index in [-0.39, 0.29) is 10.6 Å². The minimum atomic E-state index is -4.53. The lowest BCUT2D eigenvalue weighted by Gasteiger charge is -2.13. The van der Waals surface area contributed by atoms with E-state index in [9.17, 15) is 21.6 Å². The Morgan fingerprint density at radius 2 is 1.83 bits per heavy atom. The zero-order chi connectivity index (χ0) is 17.3. The predicted octanol–water partition coefficient (Wildman–Crippen LogP) is 4.83. The smallest absolute Gasteiger partial charge is 0.280 e. The van der Waals surface area contributed by atoms with Gasteiger partial charge in [0.25, 0.3) is 10.0 Å². The van der Waals surface area contributed by atoms with Crippen LogP contribution in [0.3, 0.4) is 0 Å². The van der Waals surface area contributed by atoms with E-state index >= 15 is 0 Å². The van der Waals surface area contributed by atoms with Crippen molar-refractivity contribution in [2.75, 3.05) is 4.72 Å². The second-order valence-electron chi connectivity index (χ2n) is 4.79. The van der Waals surface area contributed by atoms with Crippen molar-refractivity contribution in [2.24, 2.45) is 0 Å². The van der Waals surface area contributed by atoms with Gasteiger partial charge in [0.15, 0.2) is 0 Å². The van der Waals surface area contributed by atoms with Gasteiger partial charge in [-0.25, -0.2) is 8.42 Å². The van der Waals surface area contributed by atoms with Crippen LogP contribution < -0.4 is 4.72 Å². The molecule has 8 heteroatoms. The highest BCUT2D eigenvalue weighted by atomic mass is 79.9. The van der Waals surface area contributed by atoms with Gasteiger partial charge < -0.3 is 0 Å². The molecule has 0 saturated carbocycles. The van der Waals surface area contributed by atoms with Crippen molar-refractivity contribution >= 4 is 31.6 Å². The van der Waals surface area contributed by atoms with E-state index in [2.05, 4.69) is 20.7 Å². The second kappa shape index (κ2) is 6.52. The highest BCUT2D eigenvalue weighted by Crippen LogP contribution is 2.31. The number of sulfonamides is 1. The number of nitrogens with one attached hydrogen (secondary N) is 1. The topological polar surface area (TPSA) is 46.2 Å². The van der Waals surface area contributed by atoms with Crippen LogP contribution in [0.2, 0.25) is 0 Å². The van der Waals surface area contributed by atoms with Gasteiger partial charge in [-0.15, -0.1) is 0 Å². The molecule has 0 spiro atoms. The lowest BCUT2D eigenvalue weighted by molar-refractivity contribution is -0.137. The molecule has 3 nitrogen and oxygen atoms in total. The van der Waals surface area contributed by atoms with Crippen LogP contribution in [-0.2, 0) is 22.6 Å². The maximum Gasteiger partial charge on any atom is 0.416 e. The zero-order valence-corrected chi connectivity index (χ0v) is 14.4.